The van der Waals surface area contributed by atoms with Gasteiger partial charge in [0.1, 0.15) is 11.4 Å². The first-order chi connectivity index (χ1) is 16.4. The highest BCUT2D eigenvalue weighted by molar-refractivity contribution is 6.06. The fourth-order valence-electron chi connectivity index (χ4n) is 4.86. The maximum atomic E-state index is 13.1. The second-order valence-electron chi connectivity index (χ2n) is 9.74. The second kappa shape index (κ2) is 11.9. The number of imide groups is 1. The van der Waals surface area contributed by atoms with Gasteiger partial charge in [0.25, 0.3) is 5.91 Å². The lowest BCUT2D eigenvalue weighted by atomic mass is 10.0. The molecule has 2 aromatic carbocycles. The first kappa shape index (κ1) is 27.0. The van der Waals surface area contributed by atoms with Gasteiger partial charge in [-0.25, -0.2) is 9.18 Å². The van der Waals surface area contributed by atoms with Crippen LogP contribution in [0.2, 0.25) is 0 Å². The fourth-order valence-corrected chi connectivity index (χ4v) is 4.86. The number of benzene rings is 2. The van der Waals surface area contributed by atoms with Crippen molar-refractivity contribution in [3.8, 4) is 0 Å². The van der Waals surface area contributed by atoms with Crippen LogP contribution in [0.4, 0.5) is 14.9 Å². The standard InChI is InChI=1S/C27H35FN4O2.ClH/c1-27(2)25(33)31(21-22-9-5-3-6-10-22)26(34)32(27)16-8-4-7-15-29-17-19-30(20-18-29)24-13-11-23(28)12-14-24;/h3,5-6,9-14H,4,7-8,15-21H2,1-2H3;1H. The molecular weight excluding hydrogens is 467 g/mol. The van der Waals surface area contributed by atoms with Crippen molar-refractivity contribution in [1.82, 2.24) is 14.7 Å². The Kier molecular flexibility index (Phi) is 9.14. The summed E-state index contributed by atoms with van der Waals surface area (Å²) < 4.78 is 13.1. The lowest BCUT2D eigenvalue weighted by molar-refractivity contribution is -0.132. The molecule has 0 spiro atoms. The Hall–Kier alpha value is -2.64. The van der Waals surface area contributed by atoms with E-state index < -0.39 is 5.54 Å². The van der Waals surface area contributed by atoms with Crippen LogP contribution in [0.5, 0.6) is 0 Å². The molecule has 0 bridgehead atoms. The number of hydrogen-bond donors (Lipinski definition) is 0. The minimum atomic E-state index is -0.803. The summed E-state index contributed by atoms with van der Waals surface area (Å²) in [7, 11) is 0. The lowest BCUT2D eigenvalue weighted by Gasteiger charge is -2.36. The number of unbranched alkanes of at least 4 members (excludes halogenated alkanes) is 2. The Morgan fingerprint density at radius 2 is 1.46 bits per heavy atom. The van der Waals surface area contributed by atoms with Crippen LogP contribution in [0, 0.1) is 5.82 Å². The van der Waals surface area contributed by atoms with Gasteiger partial charge >= 0.3 is 6.03 Å². The molecule has 190 valence electrons. The number of carbonyl (C=O) groups is 2. The summed E-state index contributed by atoms with van der Waals surface area (Å²) in [6.07, 6.45) is 2.97. The van der Waals surface area contributed by atoms with E-state index >= 15 is 0 Å². The van der Waals surface area contributed by atoms with Crippen molar-refractivity contribution < 1.29 is 14.0 Å². The van der Waals surface area contributed by atoms with E-state index in [2.05, 4.69) is 9.80 Å². The van der Waals surface area contributed by atoms with E-state index in [0.717, 1.165) is 63.2 Å². The van der Waals surface area contributed by atoms with Gasteiger partial charge in [0.05, 0.1) is 6.54 Å². The summed E-state index contributed by atoms with van der Waals surface area (Å²) in [5.41, 5.74) is 1.24. The van der Waals surface area contributed by atoms with Crippen molar-refractivity contribution in [1.29, 1.82) is 0 Å². The SMILES string of the molecule is CC1(C)C(=O)N(Cc2ccccc2)C(=O)N1CCCCCN1CCN(c2ccc(F)cc2)CC1.Cl. The van der Waals surface area contributed by atoms with Crippen molar-refractivity contribution in [3.63, 3.8) is 0 Å². The van der Waals surface area contributed by atoms with E-state index in [4.69, 9.17) is 0 Å². The van der Waals surface area contributed by atoms with Gasteiger partial charge in [0.2, 0.25) is 0 Å². The number of rotatable bonds is 9. The molecule has 0 atom stereocenters. The van der Waals surface area contributed by atoms with Gasteiger partial charge < -0.3 is 9.80 Å². The summed E-state index contributed by atoms with van der Waals surface area (Å²) in [4.78, 5) is 33.8. The van der Waals surface area contributed by atoms with E-state index in [9.17, 15) is 14.0 Å². The maximum Gasteiger partial charge on any atom is 0.327 e. The Balaban J connectivity index is 0.00000342. The van der Waals surface area contributed by atoms with Crippen molar-refractivity contribution in [2.24, 2.45) is 0 Å². The molecule has 2 fully saturated rings. The normalized spacial score (nSPS) is 18.2. The predicted octanol–water partition coefficient (Wildman–Crippen LogP) is 4.78. The first-order valence-electron chi connectivity index (χ1n) is 12.3. The second-order valence-corrected chi connectivity index (χ2v) is 9.74. The molecule has 0 aliphatic carbocycles. The van der Waals surface area contributed by atoms with Crippen LogP contribution < -0.4 is 4.90 Å². The van der Waals surface area contributed by atoms with E-state index in [1.807, 2.05) is 56.3 Å². The average molecular weight is 503 g/mol. The Morgan fingerprint density at radius 1 is 0.829 bits per heavy atom. The number of nitrogens with zero attached hydrogens (tertiary/aromatic N) is 4. The third-order valence-electron chi connectivity index (χ3n) is 7.01. The Morgan fingerprint density at radius 3 is 2.11 bits per heavy atom. The van der Waals surface area contributed by atoms with Crippen molar-refractivity contribution in [2.75, 3.05) is 44.2 Å². The van der Waals surface area contributed by atoms with E-state index in [-0.39, 0.29) is 30.2 Å². The molecule has 2 aliphatic rings. The number of urea groups is 1. The van der Waals surface area contributed by atoms with Gasteiger partial charge in [-0.15, -0.1) is 12.4 Å². The van der Waals surface area contributed by atoms with E-state index in [1.165, 1.54) is 17.0 Å². The zero-order valence-corrected chi connectivity index (χ0v) is 21.5. The van der Waals surface area contributed by atoms with Crippen LogP contribution in [0.1, 0.15) is 38.7 Å². The van der Waals surface area contributed by atoms with Gasteiger partial charge in [-0.05, 0) is 63.1 Å². The minimum absolute atomic E-state index is 0. The molecule has 0 N–H and O–H groups in total. The van der Waals surface area contributed by atoms with Gasteiger partial charge in [-0.1, -0.05) is 36.8 Å². The molecule has 2 aromatic rings. The first-order valence-corrected chi connectivity index (χ1v) is 12.3. The molecular formula is C27H36ClFN4O2. The van der Waals surface area contributed by atoms with Crippen LogP contribution in [0.15, 0.2) is 54.6 Å². The molecule has 8 heteroatoms. The molecule has 6 nitrogen and oxygen atoms in total. The van der Waals surface area contributed by atoms with Gasteiger partial charge in [-0.3, -0.25) is 14.6 Å². The molecule has 0 saturated carbocycles. The number of piperazine rings is 1. The molecule has 2 aliphatic heterocycles. The van der Waals surface area contributed by atoms with Crippen LogP contribution in [-0.2, 0) is 11.3 Å². The zero-order chi connectivity index (χ0) is 24.1. The largest absolute Gasteiger partial charge is 0.369 e. The molecule has 4 rings (SSSR count). The summed E-state index contributed by atoms with van der Waals surface area (Å²) >= 11 is 0. The van der Waals surface area contributed by atoms with Gasteiger partial charge in [0, 0.05) is 38.4 Å². The van der Waals surface area contributed by atoms with Crippen LogP contribution in [0.3, 0.4) is 0 Å². The summed E-state index contributed by atoms with van der Waals surface area (Å²) in [6.45, 7) is 9.54. The van der Waals surface area contributed by atoms with Crippen LogP contribution >= 0.6 is 12.4 Å². The number of hydrogen-bond acceptors (Lipinski definition) is 4. The Bertz CT molecular complexity index is 978. The third kappa shape index (κ3) is 6.33. The highest BCUT2D eigenvalue weighted by Crippen LogP contribution is 2.29. The highest BCUT2D eigenvalue weighted by atomic mass is 35.5. The monoisotopic (exact) mass is 502 g/mol. The lowest BCUT2D eigenvalue weighted by Crippen LogP contribution is -2.46. The average Bonchev–Trinajstić information content (AvgIpc) is 3.00. The topological polar surface area (TPSA) is 47.1 Å². The van der Waals surface area contributed by atoms with E-state index in [0.29, 0.717) is 13.1 Å². The molecule has 0 unspecified atom stereocenters. The fraction of sp³-hybridized carbons (Fsp3) is 0.481. The third-order valence-corrected chi connectivity index (χ3v) is 7.01. The van der Waals surface area contributed by atoms with Crippen molar-refractivity contribution >= 4 is 30.0 Å². The minimum Gasteiger partial charge on any atom is -0.369 e. The summed E-state index contributed by atoms with van der Waals surface area (Å²) in [5, 5.41) is 0. The number of carbonyl (C=O) groups excluding carboxylic acids is 2. The molecule has 2 saturated heterocycles. The summed E-state index contributed by atoms with van der Waals surface area (Å²) in [5.74, 6) is -0.324. The van der Waals surface area contributed by atoms with Crippen molar-refractivity contribution in [2.45, 2.75) is 45.2 Å². The molecule has 2 heterocycles. The van der Waals surface area contributed by atoms with Crippen LogP contribution in [0.25, 0.3) is 0 Å². The van der Waals surface area contributed by atoms with Crippen molar-refractivity contribution in [3.05, 3.63) is 66.0 Å². The zero-order valence-electron chi connectivity index (χ0n) is 20.7. The summed E-state index contributed by atoms with van der Waals surface area (Å²) in [6, 6.07) is 16.2. The maximum absolute atomic E-state index is 13.1. The number of halogens is 2. The molecule has 3 amide bonds. The quantitative estimate of drug-likeness (QED) is 0.365. The molecule has 0 radical (unpaired) electrons. The molecule has 0 aromatic heterocycles. The van der Waals surface area contributed by atoms with Gasteiger partial charge in [-0.2, -0.15) is 0 Å². The van der Waals surface area contributed by atoms with Crippen LogP contribution in [-0.4, -0.2) is 71.4 Å². The van der Waals surface area contributed by atoms with Gasteiger partial charge in [0.15, 0.2) is 0 Å². The number of anilines is 1. The highest BCUT2D eigenvalue weighted by Gasteiger charge is 2.50. The van der Waals surface area contributed by atoms with E-state index in [1.54, 1.807) is 4.90 Å². The predicted molar refractivity (Wildman–Crippen MR) is 139 cm³/mol. The molecule has 35 heavy (non-hydrogen) atoms. The smallest absolute Gasteiger partial charge is 0.327 e. The number of amides is 3. The Labute approximate surface area is 214 Å².